The first-order chi connectivity index (χ1) is 9.00. The fourth-order valence-corrected chi connectivity index (χ4v) is 2.48. The maximum atomic E-state index is 11.7. The molecule has 0 bridgehead atoms. The van der Waals surface area contributed by atoms with Crippen molar-refractivity contribution >= 4 is 11.7 Å². The van der Waals surface area contributed by atoms with Gasteiger partial charge in [-0.05, 0) is 30.4 Å². The summed E-state index contributed by atoms with van der Waals surface area (Å²) in [5.41, 5.74) is 0.752. The maximum absolute atomic E-state index is 11.7. The Bertz CT molecular complexity index is 435. The van der Waals surface area contributed by atoms with Crippen molar-refractivity contribution in [3.8, 4) is 0 Å². The number of rotatable bonds is 4. The van der Waals surface area contributed by atoms with E-state index in [1.807, 2.05) is 6.07 Å². The molecule has 0 radical (unpaired) electrons. The molecule has 1 aromatic rings. The molecule has 0 atom stereocenters. The molecule has 0 spiro atoms. The number of aromatic nitrogens is 2. The normalized spacial score (nSPS) is 17.2. The first-order valence-electron chi connectivity index (χ1n) is 6.79. The van der Waals surface area contributed by atoms with Gasteiger partial charge in [0.25, 0.3) is 5.91 Å². The molecule has 1 aromatic heterocycles. The van der Waals surface area contributed by atoms with Crippen molar-refractivity contribution < 1.29 is 4.79 Å². The van der Waals surface area contributed by atoms with Crippen molar-refractivity contribution in [1.82, 2.24) is 15.1 Å². The van der Waals surface area contributed by atoms with E-state index in [4.69, 9.17) is 0 Å². The van der Waals surface area contributed by atoms with E-state index in [9.17, 15) is 4.79 Å². The molecule has 1 aliphatic rings. The zero-order valence-electron chi connectivity index (χ0n) is 11.9. The van der Waals surface area contributed by atoms with Crippen LogP contribution in [0.4, 0.5) is 5.82 Å². The Balaban J connectivity index is 1.93. The van der Waals surface area contributed by atoms with E-state index < -0.39 is 0 Å². The molecule has 1 N–H and O–H groups in total. The van der Waals surface area contributed by atoms with Gasteiger partial charge in [0, 0.05) is 20.6 Å². The zero-order chi connectivity index (χ0) is 13.9. The Morgan fingerprint density at radius 2 is 2.00 bits per heavy atom. The average molecular weight is 262 g/mol. The molecule has 1 fully saturated rings. The predicted molar refractivity (Wildman–Crippen MR) is 75.1 cm³/mol. The first kappa shape index (κ1) is 13.8. The number of hydrogen-bond donors (Lipinski definition) is 1. The lowest BCUT2D eigenvalue weighted by atomic mass is 9.89. The third kappa shape index (κ3) is 3.43. The highest BCUT2D eigenvalue weighted by Crippen LogP contribution is 2.37. The number of carbonyl (C=O) groups is 1. The van der Waals surface area contributed by atoms with Gasteiger partial charge < -0.3 is 10.2 Å². The van der Waals surface area contributed by atoms with E-state index in [1.54, 1.807) is 20.2 Å². The molecule has 0 saturated heterocycles. The summed E-state index contributed by atoms with van der Waals surface area (Å²) in [4.78, 5) is 13.2. The molecular formula is C14H22N4O. The van der Waals surface area contributed by atoms with E-state index in [0.29, 0.717) is 11.1 Å². The van der Waals surface area contributed by atoms with Crippen molar-refractivity contribution in [1.29, 1.82) is 0 Å². The summed E-state index contributed by atoms with van der Waals surface area (Å²) < 4.78 is 0. The van der Waals surface area contributed by atoms with Crippen molar-refractivity contribution in [2.24, 2.45) is 5.41 Å². The molecule has 1 heterocycles. The van der Waals surface area contributed by atoms with Crippen LogP contribution in [0.25, 0.3) is 0 Å². The number of hydrogen-bond acceptors (Lipinski definition) is 4. The minimum absolute atomic E-state index is 0.123. The van der Waals surface area contributed by atoms with Gasteiger partial charge >= 0.3 is 0 Å². The second-order valence-corrected chi connectivity index (χ2v) is 5.87. The highest BCUT2D eigenvalue weighted by Gasteiger charge is 2.28. The van der Waals surface area contributed by atoms with Crippen LogP contribution >= 0.6 is 0 Å². The third-order valence-corrected chi connectivity index (χ3v) is 3.80. The highest BCUT2D eigenvalue weighted by atomic mass is 16.2. The smallest absolute Gasteiger partial charge is 0.273 e. The van der Waals surface area contributed by atoms with Gasteiger partial charge in [-0.1, -0.05) is 19.8 Å². The summed E-state index contributed by atoms with van der Waals surface area (Å²) >= 11 is 0. The van der Waals surface area contributed by atoms with Crippen molar-refractivity contribution in [3.05, 3.63) is 17.8 Å². The van der Waals surface area contributed by atoms with Gasteiger partial charge in [0.05, 0.1) is 0 Å². The second kappa shape index (κ2) is 5.55. The van der Waals surface area contributed by atoms with Gasteiger partial charge in [-0.3, -0.25) is 4.79 Å². The van der Waals surface area contributed by atoms with Crippen LogP contribution in [0.3, 0.4) is 0 Å². The molecule has 1 saturated carbocycles. The molecule has 104 valence electrons. The van der Waals surface area contributed by atoms with Crippen molar-refractivity contribution in [2.75, 3.05) is 26.0 Å². The zero-order valence-corrected chi connectivity index (χ0v) is 11.9. The van der Waals surface area contributed by atoms with Crippen molar-refractivity contribution in [2.45, 2.75) is 32.6 Å². The van der Waals surface area contributed by atoms with Crippen LogP contribution in [0.1, 0.15) is 43.1 Å². The lowest BCUT2D eigenvalue weighted by Crippen LogP contribution is -2.25. The molecule has 5 nitrogen and oxygen atoms in total. The van der Waals surface area contributed by atoms with Gasteiger partial charge in [-0.15, -0.1) is 10.2 Å². The Morgan fingerprint density at radius 1 is 1.32 bits per heavy atom. The van der Waals surface area contributed by atoms with E-state index in [2.05, 4.69) is 22.4 Å². The Hall–Kier alpha value is -1.65. The van der Waals surface area contributed by atoms with Crippen LogP contribution in [0, 0.1) is 5.41 Å². The quantitative estimate of drug-likeness (QED) is 0.903. The average Bonchev–Trinajstić information content (AvgIpc) is 2.83. The lowest BCUT2D eigenvalue weighted by Gasteiger charge is -2.23. The van der Waals surface area contributed by atoms with Crippen molar-refractivity contribution in [3.63, 3.8) is 0 Å². The lowest BCUT2D eigenvalue weighted by molar-refractivity contribution is 0.0821. The Kier molecular flexibility index (Phi) is 4.02. The minimum Gasteiger partial charge on any atom is -0.368 e. The Morgan fingerprint density at radius 3 is 2.53 bits per heavy atom. The minimum atomic E-state index is -0.123. The summed E-state index contributed by atoms with van der Waals surface area (Å²) in [5.74, 6) is 0.616. The molecule has 1 amide bonds. The van der Waals surface area contributed by atoms with E-state index in [-0.39, 0.29) is 5.91 Å². The van der Waals surface area contributed by atoms with E-state index in [0.717, 1.165) is 12.4 Å². The second-order valence-electron chi connectivity index (χ2n) is 5.87. The molecule has 5 heteroatoms. The number of carbonyl (C=O) groups excluding carboxylic acids is 1. The van der Waals surface area contributed by atoms with Gasteiger partial charge in [0.15, 0.2) is 5.69 Å². The fourth-order valence-electron chi connectivity index (χ4n) is 2.48. The van der Waals surface area contributed by atoms with Crippen LogP contribution < -0.4 is 5.32 Å². The number of anilines is 1. The summed E-state index contributed by atoms with van der Waals surface area (Å²) in [5, 5.41) is 11.4. The third-order valence-electron chi connectivity index (χ3n) is 3.80. The monoisotopic (exact) mass is 262 g/mol. The summed E-state index contributed by atoms with van der Waals surface area (Å²) in [6, 6.07) is 3.54. The predicted octanol–water partition coefficient (Wildman–Crippen LogP) is 2.17. The van der Waals surface area contributed by atoms with Crippen LogP contribution in [-0.2, 0) is 0 Å². The van der Waals surface area contributed by atoms with Gasteiger partial charge in [0.1, 0.15) is 5.82 Å². The molecule has 0 aromatic carbocycles. The van der Waals surface area contributed by atoms with Crippen LogP contribution in [0.15, 0.2) is 12.1 Å². The molecule has 0 unspecified atom stereocenters. The topological polar surface area (TPSA) is 58.1 Å². The molecular weight excluding hydrogens is 240 g/mol. The Labute approximate surface area is 114 Å². The van der Waals surface area contributed by atoms with Crippen LogP contribution in [0.5, 0.6) is 0 Å². The SMILES string of the molecule is CN(C)C(=O)c1ccc(NCC2(C)CCCC2)nn1. The summed E-state index contributed by atoms with van der Waals surface area (Å²) in [7, 11) is 3.41. The van der Waals surface area contributed by atoms with Crippen LogP contribution in [-0.4, -0.2) is 41.6 Å². The molecule has 0 aliphatic heterocycles. The number of nitrogens with zero attached hydrogens (tertiary/aromatic N) is 3. The van der Waals surface area contributed by atoms with Gasteiger partial charge in [-0.25, -0.2) is 0 Å². The van der Waals surface area contributed by atoms with E-state index in [1.165, 1.54) is 30.6 Å². The van der Waals surface area contributed by atoms with E-state index >= 15 is 0 Å². The fraction of sp³-hybridized carbons (Fsp3) is 0.643. The maximum Gasteiger partial charge on any atom is 0.273 e. The van der Waals surface area contributed by atoms with Gasteiger partial charge in [0.2, 0.25) is 0 Å². The summed E-state index contributed by atoms with van der Waals surface area (Å²) in [6.07, 6.45) is 5.18. The molecule has 19 heavy (non-hydrogen) atoms. The summed E-state index contributed by atoms with van der Waals surface area (Å²) in [6.45, 7) is 3.23. The first-order valence-corrected chi connectivity index (χ1v) is 6.79. The highest BCUT2D eigenvalue weighted by molar-refractivity contribution is 5.91. The number of amides is 1. The molecule has 2 rings (SSSR count). The standard InChI is InChI=1S/C14H22N4O/c1-14(8-4-5-9-14)10-15-12-7-6-11(16-17-12)13(19)18(2)3/h6-7H,4-5,8-10H2,1-3H3,(H,15,17). The van der Waals surface area contributed by atoms with Crippen LogP contribution in [0.2, 0.25) is 0 Å². The largest absolute Gasteiger partial charge is 0.368 e. The molecule has 1 aliphatic carbocycles. The van der Waals surface area contributed by atoms with Gasteiger partial charge in [-0.2, -0.15) is 0 Å². The number of nitrogens with one attached hydrogen (secondary N) is 1.